The molecule has 1 heterocycles. The second-order valence-corrected chi connectivity index (χ2v) is 6.53. The van der Waals surface area contributed by atoms with Gasteiger partial charge >= 0.3 is 0 Å². The average Bonchev–Trinajstić information content (AvgIpc) is 2.75. The monoisotopic (exact) mass is 291 g/mol. The predicted molar refractivity (Wildman–Crippen MR) is 83.4 cm³/mol. The number of thiophene rings is 1. The molecule has 0 bridgehead atoms. The molecule has 1 atom stereocenters. The van der Waals surface area contributed by atoms with Gasteiger partial charge in [-0.2, -0.15) is 0 Å². The van der Waals surface area contributed by atoms with Crippen molar-refractivity contribution < 1.29 is 4.79 Å². The zero-order valence-corrected chi connectivity index (χ0v) is 12.7. The van der Waals surface area contributed by atoms with Crippen molar-refractivity contribution in [2.24, 2.45) is 0 Å². The van der Waals surface area contributed by atoms with Crippen LogP contribution < -0.4 is 5.32 Å². The number of benzene rings is 1. The van der Waals surface area contributed by atoms with Crippen molar-refractivity contribution in [3.05, 3.63) is 51.7 Å². The van der Waals surface area contributed by atoms with Gasteiger partial charge in [0.25, 0.3) is 5.91 Å². The molecule has 0 radical (unpaired) electrons. The molecule has 1 aromatic heterocycles. The predicted octanol–water partition coefficient (Wildman–Crippen LogP) is 3.71. The molecule has 2 rings (SSSR count). The largest absolute Gasteiger partial charge is 0.349 e. The normalized spacial score (nSPS) is 12.2. The molecule has 19 heavy (non-hydrogen) atoms. The van der Waals surface area contributed by atoms with Crippen LogP contribution in [0.15, 0.2) is 41.3 Å². The van der Waals surface area contributed by atoms with Crippen LogP contribution in [0.2, 0.25) is 0 Å². The van der Waals surface area contributed by atoms with E-state index in [1.54, 1.807) is 23.5 Å². The minimum Gasteiger partial charge on any atom is -0.349 e. The summed E-state index contributed by atoms with van der Waals surface area (Å²) in [5.41, 5.74) is 0.673. The lowest BCUT2D eigenvalue weighted by molar-refractivity contribution is 0.0940. The quantitative estimate of drug-likeness (QED) is 0.826. The molecule has 2 aromatic rings. The summed E-state index contributed by atoms with van der Waals surface area (Å²) in [5.74, 6) is -0.0332. The summed E-state index contributed by atoms with van der Waals surface area (Å²) in [6.07, 6.45) is 0.870. The molecular weight excluding hydrogens is 274 g/mol. The summed E-state index contributed by atoms with van der Waals surface area (Å²) in [6.45, 7) is 4.12. The summed E-state index contributed by atoms with van der Waals surface area (Å²) in [7, 11) is 0. The van der Waals surface area contributed by atoms with Crippen LogP contribution in [-0.2, 0) is 6.42 Å². The van der Waals surface area contributed by atoms with E-state index in [9.17, 15) is 4.79 Å². The minimum absolute atomic E-state index is 0.0332. The fraction of sp³-hybridized carbons (Fsp3) is 0.267. The molecular formula is C15H17NOS2. The Balaban J connectivity index is 1.93. The highest BCUT2D eigenvalue weighted by molar-refractivity contribution is 7.80. The van der Waals surface area contributed by atoms with E-state index in [2.05, 4.69) is 37.0 Å². The lowest BCUT2D eigenvalue weighted by atomic mass is 10.1. The molecule has 0 aliphatic rings. The summed E-state index contributed by atoms with van der Waals surface area (Å²) in [6, 6.07) is 11.6. The Morgan fingerprint density at radius 3 is 2.53 bits per heavy atom. The third kappa shape index (κ3) is 4.11. The van der Waals surface area contributed by atoms with Crippen LogP contribution >= 0.6 is 24.0 Å². The Kier molecular flexibility index (Phi) is 4.66. The molecule has 0 aliphatic carbocycles. The van der Waals surface area contributed by atoms with Crippen molar-refractivity contribution in [3.8, 4) is 0 Å². The molecule has 1 aromatic carbocycles. The van der Waals surface area contributed by atoms with Gasteiger partial charge in [-0.05, 0) is 50.2 Å². The van der Waals surface area contributed by atoms with Gasteiger partial charge in [-0.15, -0.1) is 24.0 Å². The van der Waals surface area contributed by atoms with Crippen LogP contribution in [0.25, 0.3) is 0 Å². The first-order valence-corrected chi connectivity index (χ1v) is 7.46. The van der Waals surface area contributed by atoms with Gasteiger partial charge in [0.15, 0.2) is 0 Å². The first-order valence-electron chi connectivity index (χ1n) is 6.20. The number of hydrogen-bond acceptors (Lipinski definition) is 3. The first-order chi connectivity index (χ1) is 9.04. The summed E-state index contributed by atoms with van der Waals surface area (Å²) in [4.78, 5) is 15.5. The van der Waals surface area contributed by atoms with Gasteiger partial charge in [0, 0.05) is 32.7 Å². The number of thiol groups is 1. The third-order valence-electron chi connectivity index (χ3n) is 2.81. The number of rotatable bonds is 4. The average molecular weight is 291 g/mol. The summed E-state index contributed by atoms with van der Waals surface area (Å²) >= 11 is 5.99. The molecule has 4 heteroatoms. The van der Waals surface area contributed by atoms with Crippen molar-refractivity contribution >= 4 is 29.9 Å². The van der Waals surface area contributed by atoms with Crippen LogP contribution in [-0.4, -0.2) is 11.9 Å². The van der Waals surface area contributed by atoms with E-state index in [1.807, 2.05) is 19.1 Å². The second-order valence-electron chi connectivity index (χ2n) is 4.64. The van der Waals surface area contributed by atoms with Gasteiger partial charge in [-0.1, -0.05) is 0 Å². The van der Waals surface area contributed by atoms with Gasteiger partial charge in [-0.25, -0.2) is 0 Å². The number of aryl methyl sites for hydroxylation is 1. The smallest absolute Gasteiger partial charge is 0.251 e. The molecule has 0 saturated carbocycles. The summed E-state index contributed by atoms with van der Waals surface area (Å²) < 4.78 is 0. The second kappa shape index (κ2) is 6.26. The number of hydrogen-bond donors (Lipinski definition) is 2. The molecule has 0 spiro atoms. The Morgan fingerprint density at radius 1 is 1.26 bits per heavy atom. The molecule has 2 nitrogen and oxygen atoms in total. The standard InChI is InChI=1S/C15H17NOS2/c1-10(9-14-8-3-11(2)19-14)16-15(17)12-4-6-13(18)7-5-12/h3-8,10,18H,9H2,1-2H3,(H,16,17). The minimum atomic E-state index is -0.0332. The maximum Gasteiger partial charge on any atom is 0.251 e. The molecule has 1 amide bonds. The van der Waals surface area contributed by atoms with Crippen molar-refractivity contribution in [2.75, 3.05) is 0 Å². The third-order valence-corrected chi connectivity index (χ3v) is 4.13. The SMILES string of the molecule is Cc1ccc(CC(C)NC(=O)c2ccc(S)cc2)s1. The Morgan fingerprint density at radius 2 is 1.95 bits per heavy atom. The maximum absolute atomic E-state index is 12.0. The Hall–Kier alpha value is -1.26. The van der Waals surface area contributed by atoms with Crippen molar-refractivity contribution in [2.45, 2.75) is 31.2 Å². The van der Waals surface area contributed by atoms with E-state index in [0.717, 1.165) is 11.3 Å². The highest BCUT2D eigenvalue weighted by Crippen LogP contribution is 2.17. The fourth-order valence-electron chi connectivity index (χ4n) is 1.87. The highest BCUT2D eigenvalue weighted by Gasteiger charge is 2.10. The fourth-order valence-corrected chi connectivity index (χ4v) is 3.04. The first kappa shape index (κ1) is 14.2. The van der Waals surface area contributed by atoms with Crippen LogP contribution in [0.1, 0.15) is 27.0 Å². The topological polar surface area (TPSA) is 29.1 Å². The van der Waals surface area contributed by atoms with Gasteiger partial charge in [-0.3, -0.25) is 4.79 Å². The lowest BCUT2D eigenvalue weighted by Gasteiger charge is -2.13. The van der Waals surface area contributed by atoms with Crippen LogP contribution in [0.5, 0.6) is 0 Å². The Bertz CT molecular complexity index is 560. The number of carbonyl (C=O) groups is 1. The van der Waals surface area contributed by atoms with Crippen LogP contribution in [0.4, 0.5) is 0 Å². The molecule has 0 aliphatic heterocycles. The zero-order valence-electron chi connectivity index (χ0n) is 11.0. The molecule has 0 fully saturated rings. The van der Waals surface area contributed by atoms with E-state index >= 15 is 0 Å². The van der Waals surface area contributed by atoms with Crippen molar-refractivity contribution in [3.63, 3.8) is 0 Å². The van der Waals surface area contributed by atoms with Crippen molar-refractivity contribution in [1.82, 2.24) is 5.32 Å². The molecule has 1 unspecified atom stereocenters. The van der Waals surface area contributed by atoms with E-state index < -0.39 is 0 Å². The van der Waals surface area contributed by atoms with E-state index in [-0.39, 0.29) is 11.9 Å². The van der Waals surface area contributed by atoms with E-state index in [0.29, 0.717) is 5.56 Å². The number of carbonyl (C=O) groups excluding carboxylic acids is 1. The lowest BCUT2D eigenvalue weighted by Crippen LogP contribution is -2.33. The molecule has 0 saturated heterocycles. The number of amides is 1. The van der Waals surface area contributed by atoms with E-state index in [1.165, 1.54) is 9.75 Å². The molecule has 100 valence electrons. The zero-order chi connectivity index (χ0) is 13.8. The van der Waals surface area contributed by atoms with Gasteiger partial charge in [0.05, 0.1) is 0 Å². The van der Waals surface area contributed by atoms with E-state index in [4.69, 9.17) is 0 Å². The number of nitrogens with one attached hydrogen (secondary N) is 1. The van der Waals surface area contributed by atoms with Crippen molar-refractivity contribution in [1.29, 1.82) is 0 Å². The van der Waals surface area contributed by atoms with Gasteiger partial charge in [0.2, 0.25) is 0 Å². The maximum atomic E-state index is 12.0. The molecule has 1 N–H and O–H groups in total. The van der Waals surface area contributed by atoms with Gasteiger partial charge < -0.3 is 5.32 Å². The Labute approximate surface area is 123 Å². The van der Waals surface area contributed by atoms with Gasteiger partial charge in [0.1, 0.15) is 0 Å². The highest BCUT2D eigenvalue weighted by atomic mass is 32.1. The van der Waals surface area contributed by atoms with Crippen LogP contribution in [0.3, 0.4) is 0 Å². The summed E-state index contributed by atoms with van der Waals surface area (Å²) in [5, 5.41) is 3.02. The van der Waals surface area contributed by atoms with Crippen LogP contribution in [0, 0.1) is 6.92 Å².